The number of carbonyl (C=O) groups is 2. The minimum Gasteiger partial charge on any atom is -0.481 e. The maximum absolute atomic E-state index is 13.6. The van der Waals surface area contributed by atoms with Gasteiger partial charge in [-0.2, -0.15) is 5.10 Å². The molecular weight excluding hydrogens is 337 g/mol. The second kappa shape index (κ2) is 7.27. The zero-order chi connectivity index (χ0) is 18.8. The molecule has 0 unspecified atom stereocenters. The molecule has 0 radical (unpaired) electrons. The molecule has 7 heteroatoms. The number of rotatable bonds is 5. The molecule has 1 aromatic heterocycles. The van der Waals surface area contributed by atoms with Crippen molar-refractivity contribution < 1.29 is 19.1 Å². The Bertz CT molecular complexity index is 833. The van der Waals surface area contributed by atoms with Crippen LogP contribution in [0.4, 0.5) is 4.39 Å². The number of benzene rings is 1. The molecule has 6 nitrogen and oxygen atoms in total. The van der Waals surface area contributed by atoms with Gasteiger partial charge in [0, 0.05) is 31.2 Å². The highest BCUT2D eigenvalue weighted by atomic mass is 19.1. The van der Waals surface area contributed by atoms with Gasteiger partial charge in [-0.3, -0.25) is 14.3 Å². The fraction of sp³-hybridized carbons (Fsp3) is 0.421. The summed E-state index contributed by atoms with van der Waals surface area (Å²) in [6.07, 6.45) is 2.45. The molecule has 1 aliphatic heterocycles. The summed E-state index contributed by atoms with van der Waals surface area (Å²) in [5.74, 6) is -2.80. The third-order valence-electron chi connectivity index (χ3n) is 4.97. The third kappa shape index (κ3) is 3.34. The molecule has 2 atom stereocenters. The van der Waals surface area contributed by atoms with Crippen molar-refractivity contribution in [2.45, 2.75) is 32.7 Å². The van der Waals surface area contributed by atoms with Crippen LogP contribution in [-0.4, -0.2) is 44.8 Å². The summed E-state index contributed by atoms with van der Waals surface area (Å²) < 4.78 is 15.3. The summed E-state index contributed by atoms with van der Waals surface area (Å²) in [6, 6.07) is 5.94. The Labute approximate surface area is 151 Å². The Kier molecular flexibility index (Phi) is 5.06. The summed E-state index contributed by atoms with van der Waals surface area (Å²) in [4.78, 5) is 26.1. The monoisotopic (exact) mass is 359 g/mol. The average molecular weight is 359 g/mol. The molecule has 1 N–H and O–H groups in total. The first kappa shape index (κ1) is 18.1. The summed E-state index contributed by atoms with van der Waals surface area (Å²) in [5, 5.41) is 13.8. The van der Waals surface area contributed by atoms with Gasteiger partial charge in [0.05, 0.1) is 17.7 Å². The Hall–Kier alpha value is -2.70. The molecule has 26 heavy (non-hydrogen) atoms. The Morgan fingerprint density at radius 3 is 2.77 bits per heavy atom. The Morgan fingerprint density at radius 2 is 2.12 bits per heavy atom. The Balaban J connectivity index is 1.85. The Morgan fingerprint density at radius 1 is 1.35 bits per heavy atom. The van der Waals surface area contributed by atoms with E-state index in [4.69, 9.17) is 0 Å². The summed E-state index contributed by atoms with van der Waals surface area (Å²) in [6.45, 7) is 4.95. The van der Waals surface area contributed by atoms with Crippen LogP contribution in [0.15, 0.2) is 30.5 Å². The molecule has 1 fully saturated rings. The van der Waals surface area contributed by atoms with Crippen LogP contribution >= 0.6 is 0 Å². The highest BCUT2D eigenvalue weighted by Gasteiger charge is 2.41. The number of likely N-dealkylation sites (tertiary alicyclic amines) is 1. The number of aliphatic carboxylic acids is 1. The van der Waals surface area contributed by atoms with E-state index in [1.807, 2.05) is 13.8 Å². The van der Waals surface area contributed by atoms with Gasteiger partial charge in [-0.25, -0.2) is 4.39 Å². The van der Waals surface area contributed by atoms with Crippen molar-refractivity contribution in [2.24, 2.45) is 5.92 Å². The van der Waals surface area contributed by atoms with E-state index in [0.717, 1.165) is 18.7 Å². The molecule has 1 aromatic carbocycles. The van der Waals surface area contributed by atoms with Crippen LogP contribution in [-0.2, 0) is 11.3 Å². The van der Waals surface area contributed by atoms with E-state index in [2.05, 4.69) is 5.10 Å². The van der Waals surface area contributed by atoms with Gasteiger partial charge in [-0.05, 0) is 31.0 Å². The molecule has 0 bridgehead atoms. The quantitative estimate of drug-likeness (QED) is 0.891. The lowest BCUT2D eigenvalue weighted by molar-refractivity contribution is -0.141. The highest BCUT2D eigenvalue weighted by molar-refractivity contribution is 5.95. The standard InChI is InChI=1S/C19H22FN3O3/c1-3-7-23-12(2)15(9-21-23)18(24)22-10-16(17(11-22)19(25)26)13-5-4-6-14(20)8-13/h4-6,8-9,16-17H,3,7,10-11H2,1-2H3,(H,25,26)/t16-,17+/m0/s1. The molecule has 0 spiro atoms. The number of amides is 1. The van der Waals surface area contributed by atoms with Gasteiger partial charge in [-0.1, -0.05) is 19.1 Å². The molecule has 1 saturated heterocycles. The van der Waals surface area contributed by atoms with E-state index >= 15 is 0 Å². The predicted molar refractivity (Wildman–Crippen MR) is 93.4 cm³/mol. The second-order valence-electron chi connectivity index (χ2n) is 6.68. The number of nitrogens with zero attached hydrogens (tertiary/aromatic N) is 3. The van der Waals surface area contributed by atoms with Crippen molar-refractivity contribution in [3.8, 4) is 0 Å². The van der Waals surface area contributed by atoms with Crippen LogP contribution in [0.3, 0.4) is 0 Å². The fourth-order valence-corrected chi connectivity index (χ4v) is 3.56. The number of hydrogen-bond acceptors (Lipinski definition) is 3. The summed E-state index contributed by atoms with van der Waals surface area (Å²) in [7, 11) is 0. The van der Waals surface area contributed by atoms with Crippen molar-refractivity contribution in [1.82, 2.24) is 14.7 Å². The van der Waals surface area contributed by atoms with Crippen molar-refractivity contribution in [2.75, 3.05) is 13.1 Å². The molecule has 0 aliphatic carbocycles. The van der Waals surface area contributed by atoms with Crippen LogP contribution in [0, 0.1) is 18.7 Å². The second-order valence-corrected chi connectivity index (χ2v) is 6.68. The van der Waals surface area contributed by atoms with Gasteiger partial charge in [0.1, 0.15) is 5.82 Å². The number of carboxylic acid groups (broad SMARTS) is 1. The van der Waals surface area contributed by atoms with Gasteiger partial charge >= 0.3 is 5.97 Å². The maximum Gasteiger partial charge on any atom is 0.308 e. The lowest BCUT2D eigenvalue weighted by Gasteiger charge is -2.16. The zero-order valence-electron chi connectivity index (χ0n) is 14.9. The van der Waals surface area contributed by atoms with E-state index in [-0.39, 0.29) is 19.0 Å². The number of carboxylic acids is 1. The molecule has 2 aromatic rings. The normalized spacial score (nSPS) is 19.7. The molecule has 1 amide bonds. The smallest absolute Gasteiger partial charge is 0.308 e. The summed E-state index contributed by atoms with van der Waals surface area (Å²) >= 11 is 0. The van der Waals surface area contributed by atoms with E-state index < -0.39 is 23.6 Å². The van der Waals surface area contributed by atoms with Gasteiger partial charge in [0.2, 0.25) is 0 Å². The number of aryl methyl sites for hydroxylation is 1. The fourth-order valence-electron chi connectivity index (χ4n) is 3.56. The number of carbonyl (C=O) groups excluding carboxylic acids is 1. The van der Waals surface area contributed by atoms with Crippen molar-refractivity contribution >= 4 is 11.9 Å². The van der Waals surface area contributed by atoms with Crippen molar-refractivity contribution in [3.63, 3.8) is 0 Å². The number of hydrogen-bond donors (Lipinski definition) is 1. The lowest BCUT2D eigenvalue weighted by atomic mass is 9.89. The maximum atomic E-state index is 13.6. The third-order valence-corrected chi connectivity index (χ3v) is 4.97. The van der Waals surface area contributed by atoms with E-state index in [1.165, 1.54) is 17.0 Å². The molecular formula is C19H22FN3O3. The van der Waals surface area contributed by atoms with Crippen LogP contribution in [0.5, 0.6) is 0 Å². The van der Waals surface area contributed by atoms with Gasteiger partial charge in [0.25, 0.3) is 5.91 Å². The average Bonchev–Trinajstić information content (AvgIpc) is 3.20. The van der Waals surface area contributed by atoms with Gasteiger partial charge in [0.15, 0.2) is 0 Å². The highest BCUT2D eigenvalue weighted by Crippen LogP contribution is 2.34. The molecule has 3 rings (SSSR count). The minimum atomic E-state index is -0.979. The molecule has 2 heterocycles. The van der Waals surface area contributed by atoms with Crippen LogP contribution in [0.2, 0.25) is 0 Å². The lowest BCUT2D eigenvalue weighted by Crippen LogP contribution is -2.30. The van der Waals surface area contributed by atoms with Crippen LogP contribution in [0.1, 0.15) is 40.9 Å². The number of aromatic nitrogens is 2. The van der Waals surface area contributed by atoms with E-state index in [9.17, 15) is 19.1 Å². The van der Waals surface area contributed by atoms with E-state index in [0.29, 0.717) is 11.1 Å². The van der Waals surface area contributed by atoms with Crippen LogP contribution in [0.25, 0.3) is 0 Å². The number of halogens is 1. The summed E-state index contributed by atoms with van der Waals surface area (Å²) in [5.41, 5.74) is 1.87. The molecule has 1 aliphatic rings. The van der Waals surface area contributed by atoms with Gasteiger partial charge < -0.3 is 10.0 Å². The first-order valence-electron chi connectivity index (χ1n) is 8.72. The predicted octanol–water partition coefficient (Wildman–Crippen LogP) is 2.68. The molecule has 138 valence electrons. The van der Waals surface area contributed by atoms with E-state index in [1.54, 1.807) is 23.0 Å². The topological polar surface area (TPSA) is 75.4 Å². The van der Waals surface area contributed by atoms with Crippen molar-refractivity contribution in [1.29, 1.82) is 0 Å². The first-order valence-corrected chi connectivity index (χ1v) is 8.72. The zero-order valence-corrected chi connectivity index (χ0v) is 14.9. The first-order chi connectivity index (χ1) is 12.4. The minimum absolute atomic E-state index is 0.105. The molecule has 0 saturated carbocycles. The van der Waals surface area contributed by atoms with Crippen molar-refractivity contribution in [3.05, 3.63) is 53.1 Å². The SMILES string of the molecule is CCCn1ncc(C(=O)N2C[C@@H](C(=O)O)[C@H](c3cccc(F)c3)C2)c1C. The van der Waals surface area contributed by atoms with Crippen LogP contribution < -0.4 is 0 Å². The van der Waals surface area contributed by atoms with Gasteiger partial charge in [-0.15, -0.1) is 0 Å². The largest absolute Gasteiger partial charge is 0.481 e.